The maximum Gasteiger partial charge on any atom is 0.141 e. The van der Waals surface area contributed by atoms with Gasteiger partial charge in [-0.2, -0.15) is 0 Å². The van der Waals surface area contributed by atoms with Crippen molar-refractivity contribution in [3.05, 3.63) is 70.1 Å². The highest BCUT2D eigenvalue weighted by molar-refractivity contribution is 9.10. The lowest BCUT2D eigenvalue weighted by atomic mass is 10.1. The zero-order chi connectivity index (χ0) is 13.2. The van der Waals surface area contributed by atoms with Crippen LogP contribution in [0, 0.1) is 0 Å². The summed E-state index contributed by atoms with van der Waals surface area (Å²) in [5.41, 5.74) is 10.1. The Morgan fingerprint density at radius 2 is 2.11 bits per heavy atom. The number of halogens is 1. The topological polar surface area (TPSA) is 43.3 Å². The molecule has 0 aliphatic carbocycles. The Kier molecular flexibility index (Phi) is 3.36. The molecule has 96 valence electrons. The Morgan fingerprint density at radius 1 is 1.21 bits per heavy atom. The highest BCUT2D eigenvalue weighted by Gasteiger charge is 2.06. The number of benzene rings is 1. The molecule has 0 bridgehead atoms. The lowest BCUT2D eigenvalue weighted by molar-refractivity contribution is 1.04. The fourth-order valence-electron chi connectivity index (χ4n) is 2.22. The number of hydrogen-bond acceptors (Lipinski definition) is 2. The van der Waals surface area contributed by atoms with E-state index in [1.165, 1.54) is 5.56 Å². The molecule has 2 heterocycles. The molecule has 0 saturated heterocycles. The molecular formula is C15H14BrN3. The third-order valence-electron chi connectivity index (χ3n) is 3.11. The van der Waals surface area contributed by atoms with Gasteiger partial charge in [-0.15, -0.1) is 0 Å². The van der Waals surface area contributed by atoms with E-state index in [1.54, 1.807) is 0 Å². The van der Waals surface area contributed by atoms with E-state index in [-0.39, 0.29) is 0 Å². The minimum Gasteiger partial charge on any atom is -0.326 e. The van der Waals surface area contributed by atoms with Crippen LogP contribution in [0.25, 0.3) is 5.65 Å². The Balaban J connectivity index is 1.98. The van der Waals surface area contributed by atoms with Gasteiger partial charge in [0, 0.05) is 35.4 Å². The molecule has 0 atom stereocenters. The monoisotopic (exact) mass is 315 g/mol. The molecule has 0 fully saturated rings. The van der Waals surface area contributed by atoms with Crippen LogP contribution in [0.5, 0.6) is 0 Å². The Labute approximate surface area is 120 Å². The smallest absolute Gasteiger partial charge is 0.141 e. The molecule has 0 amide bonds. The van der Waals surface area contributed by atoms with Crippen LogP contribution in [-0.4, -0.2) is 9.38 Å². The fraction of sp³-hybridized carbons (Fsp3) is 0.133. The van der Waals surface area contributed by atoms with Gasteiger partial charge in [-0.25, -0.2) is 4.98 Å². The van der Waals surface area contributed by atoms with Crippen LogP contribution < -0.4 is 5.73 Å². The lowest BCUT2D eigenvalue weighted by Gasteiger charge is -1.98. The molecule has 0 aliphatic rings. The maximum absolute atomic E-state index is 5.74. The highest BCUT2D eigenvalue weighted by atomic mass is 79.9. The van der Waals surface area contributed by atoms with Crippen molar-refractivity contribution in [2.75, 3.05) is 0 Å². The average molecular weight is 316 g/mol. The number of nitrogens with two attached hydrogens (primary N) is 1. The van der Waals surface area contributed by atoms with E-state index in [0.717, 1.165) is 27.8 Å². The van der Waals surface area contributed by atoms with Crippen LogP contribution in [0.3, 0.4) is 0 Å². The van der Waals surface area contributed by atoms with Crippen LogP contribution in [-0.2, 0) is 13.0 Å². The van der Waals surface area contributed by atoms with Gasteiger partial charge in [-0.05, 0) is 23.8 Å². The molecule has 2 aromatic heterocycles. The van der Waals surface area contributed by atoms with Crippen LogP contribution in [0.4, 0.5) is 0 Å². The number of rotatable bonds is 3. The van der Waals surface area contributed by atoms with Gasteiger partial charge in [0.05, 0.1) is 5.69 Å². The summed E-state index contributed by atoms with van der Waals surface area (Å²) >= 11 is 3.49. The summed E-state index contributed by atoms with van der Waals surface area (Å²) in [5, 5.41) is 0. The quantitative estimate of drug-likeness (QED) is 0.807. The van der Waals surface area contributed by atoms with Crippen molar-refractivity contribution in [1.82, 2.24) is 9.38 Å². The molecule has 0 aliphatic heterocycles. The van der Waals surface area contributed by atoms with E-state index in [4.69, 9.17) is 5.73 Å². The molecule has 0 saturated carbocycles. The molecule has 0 radical (unpaired) electrons. The molecule has 3 rings (SSSR count). The van der Waals surface area contributed by atoms with Gasteiger partial charge in [-0.3, -0.25) is 0 Å². The molecule has 1 aromatic carbocycles. The predicted molar refractivity (Wildman–Crippen MR) is 80.0 cm³/mol. The van der Waals surface area contributed by atoms with Crippen LogP contribution >= 0.6 is 15.9 Å². The second-order valence-electron chi connectivity index (χ2n) is 4.51. The third kappa shape index (κ3) is 2.55. The van der Waals surface area contributed by atoms with Crippen molar-refractivity contribution in [1.29, 1.82) is 0 Å². The van der Waals surface area contributed by atoms with Crippen molar-refractivity contribution < 1.29 is 0 Å². The van der Waals surface area contributed by atoms with E-state index in [9.17, 15) is 0 Å². The first-order valence-corrected chi connectivity index (χ1v) is 6.95. The van der Waals surface area contributed by atoms with E-state index in [2.05, 4.69) is 39.2 Å². The zero-order valence-electron chi connectivity index (χ0n) is 10.4. The van der Waals surface area contributed by atoms with Gasteiger partial charge in [0.1, 0.15) is 5.65 Å². The predicted octanol–water partition coefficient (Wildman–Crippen LogP) is 3.15. The highest BCUT2D eigenvalue weighted by Crippen LogP contribution is 2.16. The van der Waals surface area contributed by atoms with Gasteiger partial charge in [-0.1, -0.05) is 34.1 Å². The normalized spacial score (nSPS) is 11.1. The van der Waals surface area contributed by atoms with Gasteiger partial charge < -0.3 is 10.1 Å². The average Bonchev–Trinajstić information content (AvgIpc) is 2.80. The van der Waals surface area contributed by atoms with Crippen molar-refractivity contribution in [2.45, 2.75) is 13.0 Å². The molecular weight excluding hydrogens is 302 g/mol. The Hall–Kier alpha value is -1.65. The SMILES string of the molecule is NCc1cccn2cc(Cc3cccc(Br)c3)nc12. The summed E-state index contributed by atoms with van der Waals surface area (Å²) in [6.45, 7) is 0.512. The largest absolute Gasteiger partial charge is 0.326 e. The van der Waals surface area contributed by atoms with Crippen LogP contribution in [0.2, 0.25) is 0 Å². The first-order chi connectivity index (χ1) is 9.26. The zero-order valence-corrected chi connectivity index (χ0v) is 12.0. The number of imidazole rings is 1. The maximum atomic E-state index is 5.74. The molecule has 0 spiro atoms. The van der Waals surface area contributed by atoms with E-state index < -0.39 is 0 Å². The lowest BCUT2D eigenvalue weighted by Crippen LogP contribution is -1.99. The number of aromatic nitrogens is 2. The first kappa shape index (κ1) is 12.4. The minimum absolute atomic E-state index is 0.512. The summed E-state index contributed by atoms with van der Waals surface area (Å²) in [4.78, 5) is 4.68. The van der Waals surface area contributed by atoms with E-state index >= 15 is 0 Å². The summed E-state index contributed by atoms with van der Waals surface area (Å²) in [6, 6.07) is 12.3. The molecule has 4 heteroatoms. The number of nitrogens with zero attached hydrogens (tertiary/aromatic N) is 2. The van der Waals surface area contributed by atoms with Crippen molar-refractivity contribution in [3.63, 3.8) is 0 Å². The molecule has 3 aromatic rings. The summed E-state index contributed by atoms with van der Waals surface area (Å²) < 4.78 is 3.13. The van der Waals surface area contributed by atoms with E-state index in [1.807, 2.05) is 34.9 Å². The molecule has 3 nitrogen and oxygen atoms in total. The third-order valence-corrected chi connectivity index (χ3v) is 3.60. The Morgan fingerprint density at radius 3 is 2.89 bits per heavy atom. The van der Waals surface area contributed by atoms with Crippen LogP contribution in [0.15, 0.2) is 53.3 Å². The van der Waals surface area contributed by atoms with Crippen molar-refractivity contribution in [2.24, 2.45) is 5.73 Å². The minimum atomic E-state index is 0.512. The number of pyridine rings is 1. The molecule has 19 heavy (non-hydrogen) atoms. The number of hydrogen-bond donors (Lipinski definition) is 1. The van der Waals surface area contributed by atoms with Gasteiger partial charge in [0.2, 0.25) is 0 Å². The fourth-order valence-corrected chi connectivity index (χ4v) is 2.67. The van der Waals surface area contributed by atoms with Crippen molar-refractivity contribution in [3.8, 4) is 0 Å². The standard InChI is InChI=1S/C15H14BrN3/c16-13-5-1-3-11(7-13)8-14-10-19-6-2-4-12(9-17)15(19)18-14/h1-7,10H,8-9,17H2. The summed E-state index contributed by atoms with van der Waals surface area (Å²) in [6.07, 6.45) is 4.90. The summed E-state index contributed by atoms with van der Waals surface area (Å²) in [5.74, 6) is 0. The van der Waals surface area contributed by atoms with E-state index in [0.29, 0.717) is 6.54 Å². The van der Waals surface area contributed by atoms with Crippen molar-refractivity contribution >= 4 is 21.6 Å². The molecule has 0 unspecified atom stereocenters. The van der Waals surface area contributed by atoms with Gasteiger partial charge in [0.25, 0.3) is 0 Å². The summed E-state index contributed by atoms with van der Waals surface area (Å²) in [7, 11) is 0. The van der Waals surface area contributed by atoms with Gasteiger partial charge >= 0.3 is 0 Å². The second kappa shape index (κ2) is 5.15. The second-order valence-corrected chi connectivity index (χ2v) is 5.42. The Bertz CT molecular complexity index is 718. The van der Waals surface area contributed by atoms with Gasteiger partial charge in [0.15, 0.2) is 0 Å². The number of fused-ring (bicyclic) bond motifs is 1. The first-order valence-electron chi connectivity index (χ1n) is 6.16. The van der Waals surface area contributed by atoms with Crippen LogP contribution in [0.1, 0.15) is 16.8 Å². The molecule has 2 N–H and O–H groups in total.